The molecule has 1 aliphatic carbocycles. The largest absolute Gasteiger partial charge is 0.391 e. The number of carbonyl (C=O) groups is 1. The Morgan fingerprint density at radius 3 is 2.21 bits per heavy atom. The maximum atomic E-state index is 12.6. The lowest BCUT2D eigenvalue weighted by molar-refractivity contribution is -0.182. The van der Waals surface area contributed by atoms with Crippen molar-refractivity contribution in [3.63, 3.8) is 0 Å². The predicted octanol–water partition coefficient (Wildman–Crippen LogP) is 3.62. The zero-order chi connectivity index (χ0) is 14.0. The third-order valence-corrected chi connectivity index (χ3v) is 3.86. The van der Waals surface area contributed by atoms with Gasteiger partial charge in [0.15, 0.2) is 0 Å². The third-order valence-electron chi connectivity index (χ3n) is 3.86. The molecule has 1 aromatic rings. The van der Waals surface area contributed by atoms with Gasteiger partial charge in [0, 0.05) is 5.56 Å². The topological polar surface area (TPSA) is 43.1 Å². The van der Waals surface area contributed by atoms with Gasteiger partial charge in [-0.05, 0) is 43.2 Å². The van der Waals surface area contributed by atoms with Gasteiger partial charge in [0.1, 0.15) is 0 Å². The van der Waals surface area contributed by atoms with Crippen molar-refractivity contribution >= 4 is 5.91 Å². The molecule has 0 aromatic heterocycles. The van der Waals surface area contributed by atoms with Gasteiger partial charge in [0.05, 0.1) is 5.92 Å². The first-order valence-corrected chi connectivity index (χ1v) is 6.35. The standard InChI is InChI=1S/C14H16F3NO/c15-14(16,17)10-7-5-9(6-8-10)11-3-1-2-4-12(11)13(18)19/h1-4,9-10H,5-8H2,(H2,18,19). The highest BCUT2D eigenvalue weighted by Gasteiger charge is 2.41. The molecule has 19 heavy (non-hydrogen) atoms. The predicted molar refractivity (Wildman–Crippen MR) is 65.7 cm³/mol. The second-order valence-corrected chi connectivity index (χ2v) is 5.04. The van der Waals surface area contributed by atoms with E-state index in [4.69, 9.17) is 5.73 Å². The van der Waals surface area contributed by atoms with Crippen molar-refractivity contribution in [1.82, 2.24) is 0 Å². The maximum Gasteiger partial charge on any atom is 0.391 e. The van der Waals surface area contributed by atoms with Gasteiger partial charge in [0.2, 0.25) is 5.91 Å². The summed E-state index contributed by atoms with van der Waals surface area (Å²) in [7, 11) is 0. The van der Waals surface area contributed by atoms with Crippen LogP contribution in [0.25, 0.3) is 0 Å². The molecule has 1 fully saturated rings. The highest BCUT2D eigenvalue weighted by Crippen LogP contribution is 2.43. The zero-order valence-corrected chi connectivity index (χ0v) is 10.4. The Hall–Kier alpha value is -1.52. The normalized spacial score (nSPS) is 24.2. The van der Waals surface area contributed by atoms with Crippen LogP contribution in [0.3, 0.4) is 0 Å². The molecule has 5 heteroatoms. The summed E-state index contributed by atoms with van der Waals surface area (Å²) in [6, 6.07) is 6.93. The molecule has 1 aliphatic rings. The molecule has 0 bridgehead atoms. The Labute approximate surface area is 109 Å². The van der Waals surface area contributed by atoms with E-state index in [0.29, 0.717) is 18.4 Å². The summed E-state index contributed by atoms with van der Waals surface area (Å²) in [6.07, 6.45) is -2.94. The molecule has 0 unspecified atom stereocenters. The molecule has 0 atom stereocenters. The molecule has 0 aliphatic heterocycles. The number of alkyl halides is 3. The van der Waals surface area contributed by atoms with Gasteiger partial charge in [-0.1, -0.05) is 18.2 Å². The van der Waals surface area contributed by atoms with Crippen molar-refractivity contribution < 1.29 is 18.0 Å². The summed E-state index contributed by atoms with van der Waals surface area (Å²) < 4.78 is 37.8. The fourth-order valence-corrected chi connectivity index (χ4v) is 2.81. The number of hydrogen-bond acceptors (Lipinski definition) is 1. The van der Waals surface area contributed by atoms with Crippen LogP contribution in [0, 0.1) is 5.92 Å². The van der Waals surface area contributed by atoms with E-state index >= 15 is 0 Å². The van der Waals surface area contributed by atoms with Crippen molar-refractivity contribution in [3.8, 4) is 0 Å². The smallest absolute Gasteiger partial charge is 0.366 e. The molecule has 0 spiro atoms. The minimum atomic E-state index is -4.10. The van der Waals surface area contributed by atoms with Crippen LogP contribution in [-0.2, 0) is 0 Å². The molecule has 0 heterocycles. The van der Waals surface area contributed by atoms with Crippen LogP contribution in [0.4, 0.5) is 13.2 Å². The second kappa shape index (κ2) is 5.23. The number of hydrogen-bond donors (Lipinski definition) is 1. The van der Waals surface area contributed by atoms with Gasteiger partial charge in [-0.25, -0.2) is 0 Å². The van der Waals surface area contributed by atoms with E-state index in [2.05, 4.69) is 0 Å². The highest BCUT2D eigenvalue weighted by atomic mass is 19.4. The van der Waals surface area contributed by atoms with E-state index in [1.54, 1.807) is 24.3 Å². The molecular weight excluding hydrogens is 255 g/mol. The zero-order valence-electron chi connectivity index (χ0n) is 10.4. The van der Waals surface area contributed by atoms with Gasteiger partial charge in [-0.2, -0.15) is 13.2 Å². The first kappa shape index (κ1) is 13.9. The third kappa shape index (κ3) is 3.08. The van der Waals surface area contributed by atoms with Gasteiger partial charge < -0.3 is 5.73 Å². The van der Waals surface area contributed by atoms with Crippen molar-refractivity contribution in [2.24, 2.45) is 11.7 Å². The van der Waals surface area contributed by atoms with Gasteiger partial charge in [0.25, 0.3) is 0 Å². The minimum absolute atomic E-state index is 0.00213. The Balaban J connectivity index is 2.12. The molecule has 1 amide bonds. The summed E-state index contributed by atoms with van der Waals surface area (Å²) in [5.74, 6) is -1.72. The Kier molecular flexibility index (Phi) is 3.83. The molecule has 2 rings (SSSR count). The lowest BCUT2D eigenvalue weighted by Gasteiger charge is -2.30. The van der Waals surface area contributed by atoms with Crippen molar-refractivity contribution in [2.75, 3.05) is 0 Å². The molecule has 104 valence electrons. The van der Waals surface area contributed by atoms with E-state index in [1.165, 1.54) is 0 Å². The number of nitrogens with two attached hydrogens (primary N) is 1. The van der Waals surface area contributed by atoms with Crippen LogP contribution in [0.5, 0.6) is 0 Å². The van der Waals surface area contributed by atoms with E-state index in [-0.39, 0.29) is 18.8 Å². The van der Waals surface area contributed by atoms with Crippen LogP contribution < -0.4 is 5.73 Å². The van der Waals surface area contributed by atoms with Crippen molar-refractivity contribution in [1.29, 1.82) is 0 Å². The monoisotopic (exact) mass is 271 g/mol. The van der Waals surface area contributed by atoms with Crippen molar-refractivity contribution in [2.45, 2.75) is 37.8 Å². The molecule has 2 N–H and O–H groups in total. The summed E-state index contributed by atoms with van der Waals surface area (Å²) in [6.45, 7) is 0. The van der Waals surface area contributed by atoms with E-state index in [9.17, 15) is 18.0 Å². The van der Waals surface area contributed by atoms with Crippen LogP contribution in [0.1, 0.15) is 47.5 Å². The lowest BCUT2D eigenvalue weighted by atomic mass is 9.77. The van der Waals surface area contributed by atoms with E-state index in [1.807, 2.05) is 0 Å². The summed E-state index contributed by atoms with van der Waals surface area (Å²) in [5, 5.41) is 0. The van der Waals surface area contributed by atoms with Gasteiger partial charge >= 0.3 is 6.18 Å². The van der Waals surface area contributed by atoms with E-state index in [0.717, 1.165) is 5.56 Å². The molecule has 0 radical (unpaired) electrons. The quantitative estimate of drug-likeness (QED) is 0.877. The SMILES string of the molecule is NC(=O)c1ccccc1C1CCC(C(F)(F)F)CC1. The number of rotatable bonds is 2. The Bertz CT molecular complexity index is 462. The summed E-state index contributed by atoms with van der Waals surface area (Å²) in [4.78, 5) is 11.3. The number of amides is 1. The highest BCUT2D eigenvalue weighted by molar-refractivity contribution is 5.94. The molecule has 0 saturated heterocycles. The Morgan fingerprint density at radius 1 is 1.11 bits per heavy atom. The maximum absolute atomic E-state index is 12.6. The number of carbonyl (C=O) groups excluding carboxylic acids is 1. The molecular formula is C14H16F3NO. The average Bonchev–Trinajstić information content (AvgIpc) is 2.38. The Morgan fingerprint density at radius 2 is 1.68 bits per heavy atom. The fraction of sp³-hybridized carbons (Fsp3) is 0.500. The summed E-state index contributed by atoms with van der Waals surface area (Å²) in [5.41, 5.74) is 6.52. The summed E-state index contributed by atoms with van der Waals surface area (Å²) >= 11 is 0. The first-order valence-electron chi connectivity index (χ1n) is 6.35. The number of primary amides is 1. The number of benzene rings is 1. The first-order chi connectivity index (χ1) is 8.89. The fourth-order valence-electron chi connectivity index (χ4n) is 2.81. The van der Waals surface area contributed by atoms with Crippen LogP contribution in [0.2, 0.25) is 0 Å². The van der Waals surface area contributed by atoms with Crippen LogP contribution in [0.15, 0.2) is 24.3 Å². The molecule has 2 nitrogen and oxygen atoms in total. The second-order valence-electron chi connectivity index (χ2n) is 5.04. The molecule has 1 aromatic carbocycles. The van der Waals surface area contributed by atoms with Gasteiger partial charge in [-0.3, -0.25) is 4.79 Å². The van der Waals surface area contributed by atoms with Crippen LogP contribution in [-0.4, -0.2) is 12.1 Å². The molecule has 1 saturated carbocycles. The van der Waals surface area contributed by atoms with Crippen LogP contribution >= 0.6 is 0 Å². The van der Waals surface area contributed by atoms with E-state index < -0.39 is 18.0 Å². The minimum Gasteiger partial charge on any atom is -0.366 e. The van der Waals surface area contributed by atoms with Gasteiger partial charge in [-0.15, -0.1) is 0 Å². The van der Waals surface area contributed by atoms with Crippen molar-refractivity contribution in [3.05, 3.63) is 35.4 Å². The lowest BCUT2D eigenvalue weighted by Crippen LogP contribution is -2.27. The number of halogens is 3. The average molecular weight is 271 g/mol.